The maximum Gasteiger partial charge on any atom is 0 e. The molecule has 56 valence electrons. The number of carbonyl (C=O) groups excluding carboxylic acids is 2. The first-order chi connectivity index (χ1) is 4.16. The van der Waals surface area contributed by atoms with Gasteiger partial charge in [-0.2, -0.15) is 0 Å². The quantitative estimate of drug-likeness (QED) is 0.440. The zero-order valence-corrected chi connectivity index (χ0v) is 11.2. The van der Waals surface area contributed by atoms with Gasteiger partial charge < -0.3 is 0 Å². The molecule has 0 unspecified atom stereocenters. The molecule has 0 atom stereocenters. The molecule has 0 bridgehead atoms. The van der Waals surface area contributed by atoms with Gasteiger partial charge in [0.05, 0.1) is 0 Å². The Balaban J connectivity index is 0. The van der Waals surface area contributed by atoms with E-state index in [0.717, 1.165) is 0 Å². The first kappa shape index (κ1) is 13.3. The Kier molecular flexibility index (Phi) is 10.5. The largest absolute Gasteiger partial charge is 0 e. The molecule has 10 heavy (non-hydrogen) atoms. The van der Waals surface area contributed by atoms with E-state index in [9.17, 15) is 9.59 Å². The van der Waals surface area contributed by atoms with Crippen molar-refractivity contribution in [2.75, 3.05) is 6.54 Å². The predicted octanol–water partition coefficient (Wildman–Crippen LogP) is -0.750. The molecule has 1 N–H and O–H groups in total. The summed E-state index contributed by atoms with van der Waals surface area (Å²) >= 11 is 4.03. The Bertz CT molecular complexity index is 133. The predicted molar refractivity (Wildman–Crippen MR) is 34.2 cm³/mol. The zero-order chi connectivity index (χ0) is 7.28. The van der Waals surface area contributed by atoms with Crippen molar-refractivity contribution in [1.29, 1.82) is 0 Å². The minimum atomic E-state index is -0.531. The maximum absolute atomic E-state index is 10.3. The van der Waals surface area contributed by atoms with Crippen LogP contribution in [0.25, 0.3) is 0 Å². The molecule has 0 saturated heterocycles. The van der Waals surface area contributed by atoms with Gasteiger partial charge in [-0.05, 0) is 0 Å². The Morgan fingerprint density at radius 1 is 1.60 bits per heavy atom. The van der Waals surface area contributed by atoms with Gasteiger partial charge in [0.2, 0.25) is 0 Å². The van der Waals surface area contributed by atoms with E-state index in [-0.39, 0.29) is 27.0 Å². The Labute approximate surface area is 91.1 Å². The molecule has 0 aromatic carbocycles. The molecule has 0 rings (SSSR count). The summed E-state index contributed by atoms with van der Waals surface area (Å²) in [5, 5.41) is 1.63. The van der Waals surface area contributed by atoms with E-state index in [1.165, 1.54) is 0 Å². The van der Waals surface area contributed by atoms with Gasteiger partial charge in [0, 0.05) is 20.4 Å². The number of rotatable bonds is 2. The van der Waals surface area contributed by atoms with Crippen molar-refractivity contribution in [1.82, 2.24) is 5.32 Å². The third-order valence-electron chi connectivity index (χ3n) is 0.498. The summed E-state index contributed by atoms with van der Waals surface area (Å²) in [5.41, 5.74) is 0. The topological polar surface area (TPSA) is 55.4 Å². The first-order valence-electron chi connectivity index (χ1n) is 2.00. The molecule has 1 amide bonds. The molecule has 0 fully saturated rings. The van der Waals surface area contributed by atoms with Gasteiger partial charge in [-0.3, -0.25) is 0 Å². The fraction of sp³-hybridized carbons (Fsp3) is 0.333. The molecule has 0 saturated carbocycles. The zero-order valence-electron chi connectivity index (χ0n) is 4.76. The summed E-state index contributed by atoms with van der Waals surface area (Å²) in [4.78, 5) is 20.3. The number of thiol groups is 1. The summed E-state index contributed by atoms with van der Waals surface area (Å²) in [6, 6.07) is 0. The van der Waals surface area contributed by atoms with Gasteiger partial charge in [-0.15, -0.1) is 0 Å². The molecule has 0 aromatic heterocycles. The summed E-state index contributed by atoms with van der Waals surface area (Å²) in [6.45, 7) is -0.104. The molecule has 0 aromatic rings. The van der Waals surface area contributed by atoms with E-state index in [4.69, 9.17) is 0 Å². The van der Waals surface area contributed by atoms with E-state index in [1.54, 1.807) is 0 Å². The molecule has 7 heteroatoms. The average molecular weight is 439 g/mol. The van der Waals surface area contributed by atoms with Crippen LogP contribution in [0.2, 0.25) is 0 Å². The number of carbonyl (C=O) groups is 2. The van der Waals surface area contributed by atoms with E-state index >= 15 is 0 Å². The van der Waals surface area contributed by atoms with Crippen LogP contribution in [0.1, 0.15) is 0 Å². The van der Waals surface area contributed by atoms with Crippen LogP contribution in [0.5, 0.6) is 0 Å². The first-order valence-corrected chi connectivity index (χ1v) is 3.61. The van der Waals surface area contributed by atoms with E-state index < -0.39 is 11.2 Å². The fourth-order valence-corrected chi connectivity index (χ4v) is 0.469. The van der Waals surface area contributed by atoms with Crippen LogP contribution in [0.15, 0.2) is 0 Å². The van der Waals surface area contributed by atoms with Crippen LogP contribution < -0.4 is 5.32 Å². The van der Waals surface area contributed by atoms with Gasteiger partial charge in [0.1, 0.15) is 0 Å². The standard InChI is InChI=1S/C3H5NO3S.Re.Sn/c5-2(6)1-4-3(7)8;;/h1H2,(H,5,6)(H2,4,7,8);;/q;;+1/p-1. The van der Waals surface area contributed by atoms with Crippen molar-refractivity contribution in [2.24, 2.45) is 0 Å². The molecule has 4 radical (unpaired) electrons. The van der Waals surface area contributed by atoms with Gasteiger partial charge in [-0.1, -0.05) is 0 Å². The number of hydrogen-bond donors (Lipinski definition) is 2. The Hall–Kier alpha value is 0.751. The van der Waals surface area contributed by atoms with Gasteiger partial charge in [0.15, 0.2) is 0 Å². The van der Waals surface area contributed by atoms with Crippen molar-refractivity contribution >= 4 is 46.8 Å². The Morgan fingerprint density at radius 3 is 2.40 bits per heavy atom. The van der Waals surface area contributed by atoms with Gasteiger partial charge in [-0.25, -0.2) is 0 Å². The minimum absolute atomic E-state index is 0. The van der Waals surface area contributed by atoms with Crippen LogP contribution in [-0.4, -0.2) is 40.7 Å². The van der Waals surface area contributed by atoms with E-state index in [2.05, 4.69) is 21.0 Å². The van der Waals surface area contributed by atoms with Crippen LogP contribution in [0.3, 0.4) is 0 Å². The van der Waals surface area contributed by atoms with E-state index in [0.29, 0.717) is 22.9 Å². The Morgan fingerprint density at radius 2 is 2.10 bits per heavy atom. The van der Waals surface area contributed by atoms with E-state index in [1.807, 2.05) is 0 Å². The summed E-state index contributed by atoms with van der Waals surface area (Å²) in [5.74, 6) is -0.449. The molecule has 0 aliphatic carbocycles. The molecule has 0 aliphatic heterocycles. The van der Waals surface area contributed by atoms with Crippen molar-refractivity contribution in [3.05, 3.63) is 0 Å². The fourth-order valence-electron chi connectivity index (χ4n) is 0.184. The second-order valence-corrected chi connectivity index (χ2v) is 2.12. The minimum Gasteiger partial charge on any atom is 0 e. The van der Waals surface area contributed by atoms with Crippen LogP contribution in [-0.2, 0) is 28.3 Å². The monoisotopic (exact) mass is 441 g/mol. The van der Waals surface area contributed by atoms with Gasteiger partial charge in [0.25, 0.3) is 0 Å². The summed E-state index contributed by atoms with van der Waals surface area (Å²) in [7, 11) is 0. The van der Waals surface area contributed by atoms with Crippen molar-refractivity contribution in [3.63, 3.8) is 0 Å². The molecule has 4 nitrogen and oxygen atoms in total. The number of hydrogen-bond acceptors (Lipinski definition) is 3. The maximum atomic E-state index is 10.3. The third-order valence-corrected chi connectivity index (χ3v) is 1.31. The van der Waals surface area contributed by atoms with Crippen molar-refractivity contribution < 1.29 is 33.1 Å². The van der Waals surface area contributed by atoms with Crippen molar-refractivity contribution in [2.45, 2.75) is 0 Å². The third kappa shape index (κ3) is 8.75. The SMILES string of the molecule is O=C(S)NCC(=O)[O][Sn].[Re]. The van der Waals surface area contributed by atoms with Crippen molar-refractivity contribution in [3.8, 4) is 0 Å². The second-order valence-electron chi connectivity index (χ2n) is 1.13. The summed E-state index contributed by atoms with van der Waals surface area (Å²) < 4.78 is 4.30. The molecule has 0 aliphatic rings. The van der Waals surface area contributed by atoms with Crippen LogP contribution in [0.4, 0.5) is 4.79 Å². The summed E-state index contributed by atoms with van der Waals surface area (Å²) in [6.07, 6.45) is 0. The molecule has 0 heterocycles. The molecular formula is C3H4NO3ReSSn. The number of amides is 1. The number of nitrogens with one attached hydrogen (secondary N) is 1. The molecule has 0 spiro atoms. The normalized spacial score (nSPS) is 7.40. The van der Waals surface area contributed by atoms with Gasteiger partial charge >= 0.3 is 71.3 Å². The smallest absolute Gasteiger partial charge is 0 e. The van der Waals surface area contributed by atoms with Crippen LogP contribution >= 0.6 is 12.6 Å². The second kappa shape index (κ2) is 7.85. The van der Waals surface area contributed by atoms with Crippen LogP contribution in [0, 0.1) is 0 Å². The molecular weight excluding hydrogens is 435 g/mol. The average Bonchev–Trinajstić information content (AvgIpc) is 1.83.